The first kappa shape index (κ1) is 14.4. The maximum Gasteiger partial charge on any atom is 0.296 e. The smallest absolute Gasteiger partial charge is 0.296 e. The molecule has 1 N–H and O–H groups in total. The molecule has 2 heterocycles. The van der Waals surface area contributed by atoms with Crippen LogP contribution in [0.5, 0.6) is 0 Å². The molecule has 0 unspecified atom stereocenters. The van der Waals surface area contributed by atoms with Gasteiger partial charge in [0.05, 0.1) is 5.54 Å². The Hall–Kier alpha value is -1.99. The molecule has 0 radical (unpaired) electrons. The van der Waals surface area contributed by atoms with Gasteiger partial charge in [-0.05, 0) is 39.3 Å². The summed E-state index contributed by atoms with van der Waals surface area (Å²) in [4.78, 5) is 27.1. The standard InChI is InChI=1S/C12H20N6O2/c1-8-10(19)13-6-5-7-17(8)11(20)9-14-16-18(15-9)12(2,3)4/h8H,5-7H2,1-4H3,(H,13,19)/t8-/m0/s1. The lowest BCUT2D eigenvalue weighted by atomic mass is 10.1. The highest BCUT2D eigenvalue weighted by Crippen LogP contribution is 2.12. The van der Waals surface area contributed by atoms with E-state index < -0.39 is 6.04 Å². The Labute approximate surface area is 117 Å². The number of nitrogens with zero attached hydrogens (tertiary/aromatic N) is 5. The summed E-state index contributed by atoms with van der Waals surface area (Å²) < 4.78 is 0. The highest BCUT2D eigenvalue weighted by Gasteiger charge is 2.31. The van der Waals surface area contributed by atoms with Crippen LogP contribution in [0.25, 0.3) is 0 Å². The van der Waals surface area contributed by atoms with E-state index in [2.05, 4.69) is 20.7 Å². The van der Waals surface area contributed by atoms with Crippen molar-refractivity contribution in [1.82, 2.24) is 30.4 Å². The van der Waals surface area contributed by atoms with E-state index >= 15 is 0 Å². The molecule has 1 saturated heterocycles. The van der Waals surface area contributed by atoms with E-state index in [0.29, 0.717) is 13.1 Å². The highest BCUT2D eigenvalue weighted by atomic mass is 16.2. The van der Waals surface area contributed by atoms with Gasteiger partial charge in [0.2, 0.25) is 5.91 Å². The topological polar surface area (TPSA) is 93.0 Å². The third-order valence-electron chi connectivity index (χ3n) is 3.19. The highest BCUT2D eigenvalue weighted by molar-refractivity contribution is 5.94. The van der Waals surface area contributed by atoms with E-state index in [0.717, 1.165) is 6.42 Å². The molecule has 1 fully saturated rings. The number of tetrazole rings is 1. The van der Waals surface area contributed by atoms with Crippen LogP contribution in [-0.2, 0) is 10.3 Å². The molecular weight excluding hydrogens is 260 g/mol. The summed E-state index contributed by atoms with van der Waals surface area (Å²) in [5.74, 6) is -0.481. The molecule has 0 saturated carbocycles. The Kier molecular flexibility index (Phi) is 3.74. The van der Waals surface area contributed by atoms with E-state index in [-0.39, 0.29) is 23.2 Å². The first-order valence-corrected chi connectivity index (χ1v) is 6.70. The summed E-state index contributed by atoms with van der Waals surface area (Å²) in [5.41, 5.74) is -0.340. The van der Waals surface area contributed by atoms with Crippen LogP contribution in [0, 0.1) is 0 Å². The second-order valence-corrected chi connectivity index (χ2v) is 5.89. The molecule has 1 aromatic heterocycles. The van der Waals surface area contributed by atoms with Crippen molar-refractivity contribution in [3.63, 3.8) is 0 Å². The Morgan fingerprint density at radius 3 is 2.70 bits per heavy atom. The Balaban J connectivity index is 2.21. The van der Waals surface area contributed by atoms with Crippen molar-refractivity contribution in [2.45, 2.75) is 45.7 Å². The average Bonchev–Trinajstić information content (AvgIpc) is 2.80. The van der Waals surface area contributed by atoms with Crippen molar-refractivity contribution >= 4 is 11.8 Å². The van der Waals surface area contributed by atoms with E-state index in [1.54, 1.807) is 6.92 Å². The van der Waals surface area contributed by atoms with Crippen molar-refractivity contribution < 1.29 is 9.59 Å². The molecular formula is C12H20N6O2. The maximum atomic E-state index is 12.4. The molecule has 0 spiro atoms. The molecule has 1 atom stereocenters. The number of amides is 2. The minimum absolute atomic E-state index is 0.0291. The van der Waals surface area contributed by atoms with E-state index in [4.69, 9.17) is 0 Å². The van der Waals surface area contributed by atoms with Crippen LogP contribution in [0.1, 0.15) is 44.7 Å². The summed E-state index contributed by atoms with van der Waals surface area (Å²) >= 11 is 0. The fraction of sp³-hybridized carbons (Fsp3) is 0.750. The van der Waals surface area contributed by atoms with Gasteiger partial charge in [-0.15, -0.1) is 10.2 Å². The minimum Gasteiger partial charge on any atom is -0.354 e. The van der Waals surface area contributed by atoms with Crippen LogP contribution in [0.4, 0.5) is 0 Å². The molecule has 20 heavy (non-hydrogen) atoms. The summed E-state index contributed by atoms with van der Waals surface area (Å²) in [6.07, 6.45) is 0.717. The quantitative estimate of drug-likeness (QED) is 0.767. The Morgan fingerprint density at radius 1 is 1.40 bits per heavy atom. The molecule has 0 aliphatic carbocycles. The van der Waals surface area contributed by atoms with Gasteiger partial charge in [0.15, 0.2) is 0 Å². The summed E-state index contributed by atoms with van der Waals surface area (Å²) in [6, 6.07) is -0.522. The fourth-order valence-electron chi connectivity index (χ4n) is 1.93. The molecule has 0 bridgehead atoms. The monoisotopic (exact) mass is 280 g/mol. The van der Waals surface area contributed by atoms with Gasteiger partial charge < -0.3 is 10.2 Å². The predicted molar refractivity (Wildman–Crippen MR) is 70.9 cm³/mol. The van der Waals surface area contributed by atoms with Gasteiger partial charge >= 0.3 is 0 Å². The zero-order valence-corrected chi connectivity index (χ0v) is 12.3. The number of hydrogen-bond donors (Lipinski definition) is 1. The molecule has 110 valence electrons. The second kappa shape index (κ2) is 5.18. The molecule has 2 rings (SSSR count). The lowest BCUT2D eigenvalue weighted by Gasteiger charge is -2.23. The van der Waals surface area contributed by atoms with Gasteiger partial charge in [-0.2, -0.15) is 4.80 Å². The van der Waals surface area contributed by atoms with Gasteiger partial charge in [0.25, 0.3) is 11.7 Å². The number of nitrogens with one attached hydrogen (secondary N) is 1. The minimum atomic E-state index is -0.522. The van der Waals surface area contributed by atoms with E-state index in [9.17, 15) is 9.59 Å². The third kappa shape index (κ3) is 2.78. The van der Waals surface area contributed by atoms with Gasteiger partial charge in [0, 0.05) is 13.1 Å². The molecule has 8 nitrogen and oxygen atoms in total. The van der Waals surface area contributed by atoms with Gasteiger partial charge in [-0.3, -0.25) is 9.59 Å². The normalized spacial score (nSPS) is 20.5. The second-order valence-electron chi connectivity index (χ2n) is 5.89. The SMILES string of the molecule is C[C@H]1C(=O)NCCCN1C(=O)c1nnn(C(C)(C)C)n1. The predicted octanol–water partition coefficient (Wildman–Crippen LogP) is -0.221. The first-order chi connectivity index (χ1) is 9.30. The number of hydrogen-bond acceptors (Lipinski definition) is 5. The maximum absolute atomic E-state index is 12.4. The lowest BCUT2D eigenvalue weighted by molar-refractivity contribution is -0.124. The van der Waals surface area contributed by atoms with Crippen LogP contribution in [0.15, 0.2) is 0 Å². The number of aromatic nitrogens is 4. The fourth-order valence-corrected chi connectivity index (χ4v) is 1.93. The number of carbonyl (C=O) groups is 2. The number of rotatable bonds is 1. The molecule has 1 aliphatic heterocycles. The van der Waals surface area contributed by atoms with Crippen molar-refractivity contribution in [3.8, 4) is 0 Å². The van der Waals surface area contributed by atoms with Crippen LogP contribution >= 0.6 is 0 Å². The molecule has 0 aromatic carbocycles. The van der Waals surface area contributed by atoms with Crippen molar-refractivity contribution in [2.24, 2.45) is 0 Å². The Bertz CT molecular complexity index is 518. The lowest BCUT2D eigenvalue weighted by Crippen LogP contribution is -2.45. The summed E-state index contributed by atoms with van der Waals surface area (Å²) in [6.45, 7) is 8.55. The van der Waals surface area contributed by atoms with Gasteiger partial charge in [-0.1, -0.05) is 0 Å². The van der Waals surface area contributed by atoms with Crippen LogP contribution < -0.4 is 5.32 Å². The van der Waals surface area contributed by atoms with Crippen molar-refractivity contribution in [3.05, 3.63) is 5.82 Å². The van der Waals surface area contributed by atoms with E-state index in [1.165, 1.54) is 9.70 Å². The zero-order chi connectivity index (χ0) is 14.9. The molecule has 1 aromatic rings. The van der Waals surface area contributed by atoms with Crippen molar-refractivity contribution in [1.29, 1.82) is 0 Å². The molecule has 8 heteroatoms. The van der Waals surface area contributed by atoms with Gasteiger partial charge in [-0.25, -0.2) is 0 Å². The zero-order valence-electron chi connectivity index (χ0n) is 12.3. The van der Waals surface area contributed by atoms with Crippen LogP contribution in [0.3, 0.4) is 0 Å². The average molecular weight is 280 g/mol. The van der Waals surface area contributed by atoms with E-state index in [1.807, 2.05) is 20.8 Å². The third-order valence-corrected chi connectivity index (χ3v) is 3.19. The molecule has 1 aliphatic rings. The summed E-state index contributed by atoms with van der Waals surface area (Å²) in [7, 11) is 0. The molecule has 2 amide bonds. The van der Waals surface area contributed by atoms with Crippen LogP contribution in [-0.4, -0.2) is 56.1 Å². The first-order valence-electron chi connectivity index (χ1n) is 6.70. The van der Waals surface area contributed by atoms with Crippen molar-refractivity contribution in [2.75, 3.05) is 13.1 Å². The summed E-state index contributed by atoms with van der Waals surface area (Å²) in [5, 5.41) is 14.6. The van der Waals surface area contributed by atoms with Crippen LogP contribution in [0.2, 0.25) is 0 Å². The largest absolute Gasteiger partial charge is 0.354 e. The van der Waals surface area contributed by atoms with Gasteiger partial charge in [0.1, 0.15) is 6.04 Å². The Morgan fingerprint density at radius 2 is 2.10 bits per heavy atom. The number of carbonyl (C=O) groups excluding carboxylic acids is 2.